The molecule has 0 radical (unpaired) electrons. The SMILES string of the molecule is COc1cc(OCCOCCN2CCCC2)c(-c2cc(=O)c3cccc(Cl)c3o2)cc1C. The van der Waals surface area contributed by atoms with E-state index in [1.807, 2.05) is 19.1 Å². The topological polar surface area (TPSA) is 61.1 Å². The van der Waals surface area contributed by atoms with E-state index in [-0.39, 0.29) is 5.43 Å². The Hall–Kier alpha value is -2.54. The van der Waals surface area contributed by atoms with Gasteiger partial charge in [0.05, 0.1) is 36.3 Å². The maximum Gasteiger partial charge on any atom is 0.193 e. The van der Waals surface area contributed by atoms with Gasteiger partial charge in [-0.25, -0.2) is 0 Å². The van der Waals surface area contributed by atoms with Crippen LogP contribution >= 0.6 is 11.6 Å². The number of rotatable bonds is 9. The Kier molecular flexibility index (Phi) is 7.35. The smallest absolute Gasteiger partial charge is 0.193 e. The fourth-order valence-corrected chi connectivity index (χ4v) is 4.20. The summed E-state index contributed by atoms with van der Waals surface area (Å²) in [5.74, 6) is 1.65. The predicted molar refractivity (Wildman–Crippen MR) is 126 cm³/mol. The molecule has 0 aliphatic carbocycles. The van der Waals surface area contributed by atoms with Crippen molar-refractivity contribution in [2.24, 2.45) is 0 Å². The van der Waals surface area contributed by atoms with E-state index < -0.39 is 0 Å². The van der Waals surface area contributed by atoms with Crippen LogP contribution in [-0.2, 0) is 4.74 Å². The van der Waals surface area contributed by atoms with Crippen molar-refractivity contribution < 1.29 is 18.6 Å². The third-order valence-corrected chi connectivity index (χ3v) is 6.00. The lowest BCUT2D eigenvalue weighted by atomic mass is 10.1. The standard InChI is InChI=1S/C25H28ClNO5/c1-17-14-19(24-15-21(28)18-6-5-7-20(26)25(18)32-24)23(16-22(17)29-2)31-13-12-30-11-10-27-8-3-4-9-27/h5-7,14-16H,3-4,8-13H2,1-2H3. The van der Waals surface area contributed by atoms with Gasteiger partial charge in [0.1, 0.15) is 23.9 Å². The molecule has 1 aliphatic heterocycles. The lowest BCUT2D eigenvalue weighted by Gasteiger charge is -2.16. The summed E-state index contributed by atoms with van der Waals surface area (Å²) < 4.78 is 23.3. The monoisotopic (exact) mass is 457 g/mol. The average Bonchev–Trinajstić information content (AvgIpc) is 3.31. The van der Waals surface area contributed by atoms with E-state index in [4.69, 9.17) is 30.2 Å². The summed E-state index contributed by atoms with van der Waals surface area (Å²) in [6.07, 6.45) is 2.55. The Morgan fingerprint density at radius 1 is 1.06 bits per heavy atom. The van der Waals surface area contributed by atoms with Crippen LogP contribution in [-0.4, -0.2) is 51.5 Å². The second-order valence-corrected chi connectivity index (χ2v) is 8.33. The summed E-state index contributed by atoms with van der Waals surface area (Å²) >= 11 is 6.28. The summed E-state index contributed by atoms with van der Waals surface area (Å²) in [5, 5.41) is 0.834. The Labute approximate surface area is 192 Å². The van der Waals surface area contributed by atoms with Gasteiger partial charge < -0.3 is 23.5 Å². The van der Waals surface area contributed by atoms with E-state index in [2.05, 4.69) is 4.90 Å². The number of aryl methyl sites for hydroxylation is 1. The molecule has 2 aromatic carbocycles. The van der Waals surface area contributed by atoms with Crippen molar-refractivity contribution >= 4 is 22.6 Å². The Balaban J connectivity index is 1.53. The molecule has 7 heteroatoms. The fraction of sp³-hybridized carbons (Fsp3) is 0.400. The molecule has 0 spiro atoms. The van der Waals surface area contributed by atoms with Crippen molar-refractivity contribution in [1.82, 2.24) is 4.90 Å². The van der Waals surface area contributed by atoms with Gasteiger partial charge in [-0.1, -0.05) is 17.7 Å². The highest BCUT2D eigenvalue weighted by Gasteiger charge is 2.16. The number of hydrogen-bond acceptors (Lipinski definition) is 6. The van der Waals surface area contributed by atoms with Crippen LogP contribution in [0, 0.1) is 6.92 Å². The molecule has 2 heterocycles. The van der Waals surface area contributed by atoms with Gasteiger partial charge in [0, 0.05) is 18.7 Å². The number of fused-ring (bicyclic) bond motifs is 1. The van der Waals surface area contributed by atoms with Crippen LogP contribution in [0.1, 0.15) is 18.4 Å². The van der Waals surface area contributed by atoms with Crippen LogP contribution in [0.15, 0.2) is 45.6 Å². The summed E-state index contributed by atoms with van der Waals surface area (Å²) in [4.78, 5) is 15.1. The van der Waals surface area contributed by atoms with Gasteiger partial charge in [0.2, 0.25) is 0 Å². The van der Waals surface area contributed by atoms with E-state index in [0.29, 0.717) is 58.6 Å². The maximum atomic E-state index is 12.7. The van der Waals surface area contributed by atoms with E-state index in [1.165, 1.54) is 18.9 Å². The Morgan fingerprint density at radius 2 is 1.88 bits per heavy atom. The first-order valence-electron chi connectivity index (χ1n) is 10.9. The van der Waals surface area contributed by atoms with Crippen molar-refractivity contribution in [3.63, 3.8) is 0 Å². The van der Waals surface area contributed by atoms with Crippen LogP contribution < -0.4 is 14.9 Å². The molecule has 1 aromatic heterocycles. The molecule has 4 rings (SSSR count). The molecule has 0 bridgehead atoms. The highest BCUT2D eigenvalue weighted by molar-refractivity contribution is 6.34. The maximum absolute atomic E-state index is 12.7. The normalized spacial score (nSPS) is 14.2. The number of ether oxygens (including phenoxy) is 3. The molecule has 6 nitrogen and oxygen atoms in total. The van der Waals surface area contributed by atoms with Crippen molar-refractivity contribution in [2.75, 3.05) is 46.6 Å². The molecule has 1 saturated heterocycles. The van der Waals surface area contributed by atoms with E-state index in [0.717, 1.165) is 25.2 Å². The zero-order valence-corrected chi connectivity index (χ0v) is 19.2. The lowest BCUT2D eigenvalue weighted by Crippen LogP contribution is -2.24. The average molecular weight is 458 g/mol. The Morgan fingerprint density at radius 3 is 2.66 bits per heavy atom. The predicted octanol–water partition coefficient (Wildman–Crippen LogP) is 4.92. The Bertz CT molecular complexity index is 1140. The van der Waals surface area contributed by atoms with Crippen LogP contribution in [0.25, 0.3) is 22.3 Å². The minimum absolute atomic E-state index is 0.159. The largest absolute Gasteiger partial charge is 0.496 e. The van der Waals surface area contributed by atoms with Gasteiger partial charge in [-0.05, 0) is 56.6 Å². The third-order valence-electron chi connectivity index (χ3n) is 5.70. The molecule has 32 heavy (non-hydrogen) atoms. The van der Waals surface area contributed by atoms with Crippen molar-refractivity contribution in [3.8, 4) is 22.8 Å². The van der Waals surface area contributed by atoms with Crippen LogP contribution in [0.3, 0.4) is 0 Å². The summed E-state index contributed by atoms with van der Waals surface area (Å²) in [6, 6.07) is 10.3. The van der Waals surface area contributed by atoms with Crippen molar-refractivity contribution in [3.05, 3.63) is 57.2 Å². The molecular formula is C25H28ClNO5. The quantitative estimate of drug-likeness (QED) is 0.425. The second-order valence-electron chi connectivity index (χ2n) is 7.92. The van der Waals surface area contributed by atoms with E-state index >= 15 is 0 Å². The van der Waals surface area contributed by atoms with E-state index in [1.54, 1.807) is 25.3 Å². The molecule has 0 amide bonds. The van der Waals surface area contributed by atoms with Crippen LogP contribution in [0.2, 0.25) is 5.02 Å². The molecule has 0 saturated carbocycles. The van der Waals surface area contributed by atoms with Crippen LogP contribution in [0.5, 0.6) is 11.5 Å². The summed E-state index contributed by atoms with van der Waals surface area (Å²) in [6.45, 7) is 6.73. The molecule has 1 aliphatic rings. The van der Waals surface area contributed by atoms with E-state index in [9.17, 15) is 4.79 Å². The molecule has 0 N–H and O–H groups in total. The molecule has 170 valence electrons. The minimum atomic E-state index is -0.159. The zero-order valence-electron chi connectivity index (χ0n) is 18.5. The number of likely N-dealkylation sites (tertiary alicyclic amines) is 1. The van der Waals surface area contributed by atoms with Gasteiger partial charge in [0.25, 0.3) is 0 Å². The highest BCUT2D eigenvalue weighted by Crippen LogP contribution is 2.37. The lowest BCUT2D eigenvalue weighted by molar-refractivity contribution is 0.0846. The van der Waals surface area contributed by atoms with Crippen molar-refractivity contribution in [1.29, 1.82) is 0 Å². The number of para-hydroxylation sites is 1. The number of nitrogens with zero attached hydrogens (tertiary/aromatic N) is 1. The summed E-state index contributed by atoms with van der Waals surface area (Å²) in [5.41, 5.74) is 1.77. The molecular weight excluding hydrogens is 430 g/mol. The first kappa shape index (κ1) is 22.6. The number of halogens is 1. The summed E-state index contributed by atoms with van der Waals surface area (Å²) in [7, 11) is 1.61. The fourth-order valence-electron chi connectivity index (χ4n) is 3.99. The molecule has 1 fully saturated rings. The van der Waals surface area contributed by atoms with Gasteiger partial charge >= 0.3 is 0 Å². The van der Waals surface area contributed by atoms with Gasteiger partial charge in [-0.3, -0.25) is 4.79 Å². The van der Waals surface area contributed by atoms with Crippen LogP contribution in [0.4, 0.5) is 0 Å². The minimum Gasteiger partial charge on any atom is -0.496 e. The number of hydrogen-bond donors (Lipinski definition) is 0. The van der Waals surface area contributed by atoms with Gasteiger partial charge in [0.15, 0.2) is 11.0 Å². The first-order chi connectivity index (χ1) is 15.6. The molecule has 0 unspecified atom stereocenters. The number of benzene rings is 2. The molecule has 3 aromatic rings. The highest BCUT2D eigenvalue weighted by atomic mass is 35.5. The van der Waals surface area contributed by atoms with Gasteiger partial charge in [-0.15, -0.1) is 0 Å². The molecule has 0 atom stereocenters. The van der Waals surface area contributed by atoms with Crippen molar-refractivity contribution in [2.45, 2.75) is 19.8 Å². The second kappa shape index (κ2) is 10.4. The zero-order chi connectivity index (χ0) is 22.5. The van der Waals surface area contributed by atoms with Gasteiger partial charge in [-0.2, -0.15) is 0 Å². The first-order valence-corrected chi connectivity index (χ1v) is 11.3. The number of methoxy groups -OCH3 is 1. The third kappa shape index (κ3) is 5.09.